The van der Waals surface area contributed by atoms with E-state index in [0.717, 1.165) is 5.52 Å². The zero-order chi connectivity index (χ0) is 12.4. The highest BCUT2D eigenvalue weighted by molar-refractivity contribution is 6.35. The smallest absolute Gasteiger partial charge is 0.312 e. The highest BCUT2D eigenvalue weighted by atomic mass is 35.5. The summed E-state index contributed by atoms with van der Waals surface area (Å²) in [5.41, 5.74) is 12.3. The zero-order valence-electron chi connectivity index (χ0n) is 8.98. The summed E-state index contributed by atoms with van der Waals surface area (Å²) < 4.78 is 1.77. The van der Waals surface area contributed by atoms with Gasteiger partial charge in [-0.1, -0.05) is 17.7 Å². The van der Waals surface area contributed by atoms with Gasteiger partial charge in [0.1, 0.15) is 5.52 Å². The monoisotopic (exact) mass is 253 g/mol. The van der Waals surface area contributed by atoms with Gasteiger partial charge in [0, 0.05) is 13.1 Å². The van der Waals surface area contributed by atoms with Crippen molar-refractivity contribution in [3.8, 4) is 0 Å². The van der Waals surface area contributed by atoms with Crippen LogP contribution in [0.5, 0.6) is 0 Å². The summed E-state index contributed by atoms with van der Waals surface area (Å²) in [4.78, 5) is 14.7. The van der Waals surface area contributed by atoms with E-state index in [1.54, 1.807) is 10.6 Å². The second-order valence-corrected chi connectivity index (χ2v) is 3.93. The van der Waals surface area contributed by atoms with Gasteiger partial charge in [0.15, 0.2) is 0 Å². The lowest BCUT2D eigenvalue weighted by molar-refractivity contribution is 0.248. The molecule has 0 saturated carbocycles. The van der Waals surface area contributed by atoms with Gasteiger partial charge in [-0.3, -0.25) is 0 Å². The lowest BCUT2D eigenvalue weighted by Gasteiger charge is -2.06. The Kier molecular flexibility index (Phi) is 3.06. The van der Waals surface area contributed by atoms with Crippen molar-refractivity contribution >= 4 is 34.6 Å². The quantitative estimate of drug-likeness (QED) is 0.759. The number of halogens is 1. The number of primary amides is 1. The fraction of sp³-hybridized carbons (Fsp3) is 0.200. The van der Waals surface area contributed by atoms with Crippen LogP contribution in [0.4, 0.5) is 10.7 Å². The fourth-order valence-corrected chi connectivity index (χ4v) is 1.87. The van der Waals surface area contributed by atoms with Gasteiger partial charge in [-0.15, -0.1) is 0 Å². The number of rotatable bonds is 3. The van der Waals surface area contributed by atoms with E-state index in [1.165, 1.54) is 0 Å². The second kappa shape index (κ2) is 4.50. The molecule has 1 aromatic heterocycles. The number of nitrogens with two attached hydrogens (primary N) is 2. The number of fused-ring (bicyclic) bond motifs is 1. The molecule has 2 aromatic rings. The van der Waals surface area contributed by atoms with Crippen LogP contribution >= 0.6 is 11.6 Å². The molecule has 2 amide bonds. The molecule has 0 fully saturated rings. The van der Waals surface area contributed by atoms with Crippen molar-refractivity contribution < 1.29 is 4.79 Å². The third-order valence-corrected chi connectivity index (χ3v) is 2.70. The Bertz CT molecular complexity index is 565. The Balaban J connectivity index is 2.30. The van der Waals surface area contributed by atoms with E-state index < -0.39 is 6.03 Å². The number of nitrogen functional groups attached to an aromatic ring is 1. The van der Waals surface area contributed by atoms with Crippen LogP contribution in [0, 0.1) is 0 Å². The molecule has 0 radical (unpaired) electrons. The summed E-state index contributed by atoms with van der Waals surface area (Å²) in [6.07, 6.45) is 0. The maximum Gasteiger partial charge on any atom is 0.312 e. The number of hydrogen-bond acceptors (Lipinski definition) is 3. The van der Waals surface area contributed by atoms with Crippen molar-refractivity contribution in [1.82, 2.24) is 14.9 Å². The molecule has 90 valence electrons. The number of aromatic nitrogens is 2. The highest BCUT2D eigenvalue weighted by Gasteiger charge is 2.10. The minimum Gasteiger partial charge on any atom is -0.369 e. The van der Waals surface area contributed by atoms with Crippen LogP contribution in [0.1, 0.15) is 0 Å². The van der Waals surface area contributed by atoms with Gasteiger partial charge in [0.05, 0.1) is 10.5 Å². The van der Waals surface area contributed by atoms with Crippen molar-refractivity contribution in [2.45, 2.75) is 6.54 Å². The van der Waals surface area contributed by atoms with E-state index in [9.17, 15) is 4.79 Å². The lowest BCUT2D eigenvalue weighted by Crippen LogP contribution is -2.32. The predicted octanol–water partition coefficient (Wildman–Crippen LogP) is 0.940. The first-order chi connectivity index (χ1) is 8.09. The Labute approximate surface area is 103 Å². The van der Waals surface area contributed by atoms with Crippen LogP contribution < -0.4 is 16.8 Å². The molecule has 0 bridgehead atoms. The molecule has 17 heavy (non-hydrogen) atoms. The molecule has 0 spiro atoms. The van der Waals surface area contributed by atoms with Gasteiger partial charge in [-0.2, -0.15) is 0 Å². The van der Waals surface area contributed by atoms with Crippen LogP contribution in [-0.4, -0.2) is 22.1 Å². The van der Waals surface area contributed by atoms with Crippen LogP contribution in [0.3, 0.4) is 0 Å². The van der Waals surface area contributed by atoms with Crippen molar-refractivity contribution in [3.63, 3.8) is 0 Å². The summed E-state index contributed by atoms with van der Waals surface area (Å²) in [5, 5.41) is 3.04. The summed E-state index contributed by atoms with van der Waals surface area (Å²) >= 11 is 6.01. The summed E-state index contributed by atoms with van der Waals surface area (Å²) in [6.45, 7) is 0.878. The van der Waals surface area contributed by atoms with Crippen LogP contribution in [0.15, 0.2) is 18.2 Å². The number of nitrogens with one attached hydrogen (secondary N) is 1. The molecule has 6 nitrogen and oxygen atoms in total. The van der Waals surface area contributed by atoms with Crippen molar-refractivity contribution in [1.29, 1.82) is 0 Å². The van der Waals surface area contributed by atoms with E-state index in [4.69, 9.17) is 23.1 Å². The average molecular weight is 254 g/mol. The van der Waals surface area contributed by atoms with E-state index in [0.29, 0.717) is 29.6 Å². The summed E-state index contributed by atoms with van der Waals surface area (Å²) in [5.74, 6) is 0.361. The average Bonchev–Trinajstić information content (AvgIpc) is 2.57. The Morgan fingerprint density at radius 3 is 3.00 bits per heavy atom. The first-order valence-corrected chi connectivity index (χ1v) is 5.41. The Morgan fingerprint density at radius 1 is 1.53 bits per heavy atom. The largest absolute Gasteiger partial charge is 0.369 e. The van der Waals surface area contributed by atoms with Gasteiger partial charge in [-0.25, -0.2) is 9.78 Å². The van der Waals surface area contributed by atoms with Gasteiger partial charge in [-0.05, 0) is 12.1 Å². The number of imidazole rings is 1. The first-order valence-electron chi connectivity index (χ1n) is 5.03. The van der Waals surface area contributed by atoms with Crippen LogP contribution in [0.25, 0.3) is 11.0 Å². The molecular formula is C10H12ClN5O. The normalized spacial score (nSPS) is 10.6. The molecule has 0 aliphatic carbocycles. The number of carbonyl (C=O) groups excluding carboxylic acids is 1. The maximum atomic E-state index is 10.6. The minimum atomic E-state index is -0.564. The van der Waals surface area contributed by atoms with E-state index in [1.807, 2.05) is 12.1 Å². The number of hydrogen-bond donors (Lipinski definition) is 3. The van der Waals surface area contributed by atoms with Gasteiger partial charge >= 0.3 is 6.03 Å². The SMILES string of the molecule is NC(=O)NCCn1c(N)nc2c(Cl)cccc21. The molecule has 2 rings (SSSR count). The first kappa shape index (κ1) is 11.5. The molecule has 0 atom stereocenters. The van der Waals surface area contributed by atoms with E-state index in [2.05, 4.69) is 10.3 Å². The number of anilines is 1. The Hall–Kier alpha value is -1.95. The summed E-state index contributed by atoms with van der Waals surface area (Å²) in [6, 6.07) is 4.88. The van der Waals surface area contributed by atoms with Gasteiger partial charge < -0.3 is 21.4 Å². The molecule has 7 heteroatoms. The molecule has 5 N–H and O–H groups in total. The van der Waals surface area contributed by atoms with Crippen molar-refractivity contribution in [3.05, 3.63) is 23.2 Å². The Morgan fingerprint density at radius 2 is 2.29 bits per heavy atom. The number of nitrogens with zero attached hydrogens (tertiary/aromatic N) is 2. The summed E-state index contributed by atoms with van der Waals surface area (Å²) in [7, 11) is 0. The highest BCUT2D eigenvalue weighted by Crippen LogP contribution is 2.24. The number of benzene rings is 1. The molecule has 0 aliphatic heterocycles. The standard InChI is InChI=1S/C10H12ClN5O/c11-6-2-1-3-7-8(6)15-9(12)16(7)5-4-14-10(13)17/h1-3H,4-5H2,(H2,12,15)(H3,13,14,17). The van der Waals surface area contributed by atoms with Crippen LogP contribution in [-0.2, 0) is 6.54 Å². The third-order valence-electron chi connectivity index (χ3n) is 2.39. The van der Waals surface area contributed by atoms with E-state index in [-0.39, 0.29) is 0 Å². The number of amides is 2. The number of carbonyl (C=O) groups is 1. The van der Waals surface area contributed by atoms with Crippen molar-refractivity contribution in [2.75, 3.05) is 12.3 Å². The number of urea groups is 1. The van der Waals surface area contributed by atoms with Crippen LogP contribution in [0.2, 0.25) is 5.02 Å². The second-order valence-electron chi connectivity index (χ2n) is 3.52. The molecule has 0 aliphatic rings. The van der Waals surface area contributed by atoms with Gasteiger partial charge in [0.2, 0.25) is 5.95 Å². The van der Waals surface area contributed by atoms with E-state index >= 15 is 0 Å². The topological polar surface area (TPSA) is 99.0 Å². The zero-order valence-corrected chi connectivity index (χ0v) is 9.74. The third kappa shape index (κ3) is 2.26. The molecule has 0 unspecified atom stereocenters. The maximum absolute atomic E-state index is 10.6. The predicted molar refractivity (Wildman–Crippen MR) is 66.7 cm³/mol. The number of para-hydroxylation sites is 1. The molecule has 1 aromatic carbocycles. The van der Waals surface area contributed by atoms with Crippen molar-refractivity contribution in [2.24, 2.45) is 5.73 Å². The molecule has 1 heterocycles. The molecular weight excluding hydrogens is 242 g/mol. The fourth-order valence-electron chi connectivity index (χ4n) is 1.66. The minimum absolute atomic E-state index is 0.361. The molecule has 0 saturated heterocycles. The lowest BCUT2D eigenvalue weighted by atomic mass is 10.3. The van der Waals surface area contributed by atoms with Gasteiger partial charge in [0.25, 0.3) is 0 Å².